The highest BCUT2D eigenvalue weighted by Crippen LogP contribution is 2.37. The first kappa shape index (κ1) is 13.9. The Balaban J connectivity index is 1.73. The quantitative estimate of drug-likeness (QED) is 0.776. The summed E-state index contributed by atoms with van der Waals surface area (Å²) < 4.78 is 2.09. The van der Waals surface area contributed by atoms with Gasteiger partial charge in [-0.3, -0.25) is 10.1 Å². The first-order chi connectivity index (χ1) is 9.20. The molecule has 0 radical (unpaired) electrons. The Morgan fingerprint density at radius 3 is 3.00 bits per heavy atom. The number of imide groups is 1. The van der Waals surface area contributed by atoms with Crippen molar-refractivity contribution in [3.05, 3.63) is 12.4 Å². The van der Waals surface area contributed by atoms with E-state index < -0.39 is 6.03 Å². The first-order valence-electron chi connectivity index (χ1n) is 6.44. The third-order valence-electron chi connectivity index (χ3n) is 2.69. The van der Waals surface area contributed by atoms with Gasteiger partial charge in [0.15, 0.2) is 5.16 Å². The molecule has 2 N–H and O–H groups in total. The smallest absolute Gasteiger partial charge is 0.321 e. The molecule has 1 aromatic heterocycles. The third kappa shape index (κ3) is 4.27. The molecule has 0 bridgehead atoms. The van der Waals surface area contributed by atoms with Crippen LogP contribution in [0, 0.1) is 0 Å². The Kier molecular flexibility index (Phi) is 4.84. The third-order valence-corrected chi connectivity index (χ3v) is 3.68. The van der Waals surface area contributed by atoms with Crippen molar-refractivity contribution in [3.63, 3.8) is 0 Å². The van der Waals surface area contributed by atoms with Gasteiger partial charge in [-0.1, -0.05) is 18.7 Å². The van der Waals surface area contributed by atoms with E-state index in [4.69, 9.17) is 0 Å². The van der Waals surface area contributed by atoms with E-state index in [1.54, 1.807) is 6.20 Å². The van der Waals surface area contributed by atoms with Crippen molar-refractivity contribution in [3.8, 4) is 0 Å². The minimum atomic E-state index is -0.432. The largest absolute Gasteiger partial charge is 0.338 e. The summed E-state index contributed by atoms with van der Waals surface area (Å²) in [6.45, 7) is 2.52. The maximum absolute atomic E-state index is 11.6. The number of imidazole rings is 1. The first-order valence-corrected chi connectivity index (χ1v) is 7.42. The highest BCUT2D eigenvalue weighted by Gasteiger charge is 2.25. The number of urea groups is 1. The maximum atomic E-state index is 11.6. The van der Waals surface area contributed by atoms with Gasteiger partial charge in [0.2, 0.25) is 5.91 Å². The number of amides is 3. The molecule has 19 heavy (non-hydrogen) atoms. The van der Waals surface area contributed by atoms with Gasteiger partial charge in [-0.25, -0.2) is 9.78 Å². The van der Waals surface area contributed by atoms with Crippen molar-refractivity contribution in [2.24, 2.45) is 0 Å². The van der Waals surface area contributed by atoms with E-state index in [1.165, 1.54) is 24.6 Å². The predicted molar refractivity (Wildman–Crippen MR) is 73.1 cm³/mol. The summed E-state index contributed by atoms with van der Waals surface area (Å²) in [4.78, 5) is 27.1. The number of hydrogen-bond donors (Lipinski definition) is 2. The molecule has 0 atom stereocenters. The molecule has 1 aliphatic rings. The normalized spacial score (nSPS) is 14.2. The van der Waals surface area contributed by atoms with Crippen molar-refractivity contribution in [2.45, 2.75) is 37.4 Å². The lowest BCUT2D eigenvalue weighted by Gasteiger charge is -2.06. The summed E-state index contributed by atoms with van der Waals surface area (Å²) in [6, 6.07) is 0.110. The van der Waals surface area contributed by atoms with Crippen LogP contribution in [0.3, 0.4) is 0 Å². The molecule has 0 aliphatic heterocycles. The van der Waals surface area contributed by atoms with E-state index in [0.29, 0.717) is 12.6 Å². The van der Waals surface area contributed by atoms with E-state index >= 15 is 0 Å². The Bertz CT molecular complexity index is 456. The zero-order chi connectivity index (χ0) is 13.7. The summed E-state index contributed by atoms with van der Waals surface area (Å²) >= 11 is 1.36. The molecule has 1 aromatic rings. The van der Waals surface area contributed by atoms with Gasteiger partial charge in [0, 0.05) is 25.0 Å². The number of aromatic nitrogens is 2. The SMILES string of the molecule is CCCNC(=O)NC(=O)CSc1nccn1C1CC1. The second kappa shape index (κ2) is 6.60. The molecule has 2 rings (SSSR count). The molecule has 104 valence electrons. The lowest BCUT2D eigenvalue weighted by molar-refractivity contribution is -0.117. The maximum Gasteiger partial charge on any atom is 0.321 e. The molecule has 1 heterocycles. The molecule has 0 unspecified atom stereocenters. The van der Waals surface area contributed by atoms with E-state index in [-0.39, 0.29) is 11.7 Å². The van der Waals surface area contributed by atoms with Crippen LogP contribution in [0.25, 0.3) is 0 Å². The van der Waals surface area contributed by atoms with Crippen LogP contribution in [0.1, 0.15) is 32.2 Å². The highest BCUT2D eigenvalue weighted by atomic mass is 32.2. The fraction of sp³-hybridized carbons (Fsp3) is 0.583. The Labute approximate surface area is 116 Å². The molecule has 1 aliphatic carbocycles. The Hall–Kier alpha value is -1.50. The van der Waals surface area contributed by atoms with Crippen LogP contribution in [-0.4, -0.2) is 33.8 Å². The van der Waals surface area contributed by atoms with Gasteiger partial charge in [-0.2, -0.15) is 0 Å². The molecule has 6 nitrogen and oxygen atoms in total. The van der Waals surface area contributed by atoms with Crippen LogP contribution in [0.2, 0.25) is 0 Å². The van der Waals surface area contributed by atoms with Gasteiger partial charge in [-0.15, -0.1) is 0 Å². The van der Waals surface area contributed by atoms with Crippen molar-refractivity contribution in [1.29, 1.82) is 0 Å². The second-order valence-corrected chi connectivity index (χ2v) is 5.38. The highest BCUT2D eigenvalue weighted by molar-refractivity contribution is 7.99. The Morgan fingerprint density at radius 1 is 1.53 bits per heavy atom. The Morgan fingerprint density at radius 2 is 2.32 bits per heavy atom. The fourth-order valence-electron chi connectivity index (χ4n) is 1.62. The topological polar surface area (TPSA) is 76.0 Å². The van der Waals surface area contributed by atoms with Crippen LogP contribution in [-0.2, 0) is 4.79 Å². The summed E-state index contributed by atoms with van der Waals surface area (Å²) in [5.41, 5.74) is 0. The minimum Gasteiger partial charge on any atom is -0.338 e. The fourth-order valence-corrected chi connectivity index (χ4v) is 2.44. The van der Waals surface area contributed by atoms with E-state index in [0.717, 1.165) is 11.6 Å². The molecular weight excluding hydrogens is 264 g/mol. The minimum absolute atomic E-state index is 0.198. The average molecular weight is 282 g/mol. The number of hydrogen-bond acceptors (Lipinski definition) is 4. The zero-order valence-electron chi connectivity index (χ0n) is 10.9. The standard InChI is InChI=1S/C12H18N4O2S/c1-2-5-13-11(18)15-10(17)8-19-12-14-6-7-16(12)9-3-4-9/h6-7,9H,2-5,8H2,1H3,(H2,13,15,17,18). The molecule has 1 saturated carbocycles. The van der Waals surface area contributed by atoms with Crippen LogP contribution in [0.15, 0.2) is 17.6 Å². The lowest BCUT2D eigenvalue weighted by Crippen LogP contribution is -2.40. The summed E-state index contributed by atoms with van der Waals surface area (Å²) in [7, 11) is 0. The van der Waals surface area contributed by atoms with E-state index in [9.17, 15) is 9.59 Å². The number of nitrogens with one attached hydrogen (secondary N) is 2. The molecule has 0 saturated heterocycles. The predicted octanol–water partition coefficient (Wildman–Crippen LogP) is 1.55. The van der Waals surface area contributed by atoms with Gasteiger partial charge < -0.3 is 9.88 Å². The number of carbonyl (C=O) groups excluding carboxylic acids is 2. The van der Waals surface area contributed by atoms with Crippen LogP contribution >= 0.6 is 11.8 Å². The molecule has 1 fully saturated rings. The second-order valence-electron chi connectivity index (χ2n) is 4.44. The van der Waals surface area contributed by atoms with Gasteiger partial charge in [-0.05, 0) is 19.3 Å². The number of nitrogens with zero attached hydrogens (tertiary/aromatic N) is 2. The molecule has 3 amide bonds. The van der Waals surface area contributed by atoms with E-state index in [2.05, 4.69) is 20.2 Å². The van der Waals surface area contributed by atoms with Crippen molar-refractivity contribution < 1.29 is 9.59 Å². The molecule has 0 aromatic carbocycles. The van der Waals surface area contributed by atoms with Crippen molar-refractivity contribution in [2.75, 3.05) is 12.3 Å². The number of thioether (sulfide) groups is 1. The molecule has 0 spiro atoms. The summed E-state index contributed by atoms with van der Waals surface area (Å²) in [5.74, 6) is -0.104. The monoisotopic (exact) mass is 282 g/mol. The summed E-state index contributed by atoms with van der Waals surface area (Å²) in [6.07, 6.45) is 6.87. The zero-order valence-corrected chi connectivity index (χ0v) is 11.7. The summed E-state index contributed by atoms with van der Waals surface area (Å²) in [5, 5.41) is 5.73. The van der Waals surface area contributed by atoms with Crippen molar-refractivity contribution in [1.82, 2.24) is 20.2 Å². The van der Waals surface area contributed by atoms with Gasteiger partial charge >= 0.3 is 6.03 Å². The average Bonchev–Trinajstić information content (AvgIpc) is 3.13. The van der Waals surface area contributed by atoms with E-state index in [1.807, 2.05) is 13.1 Å². The van der Waals surface area contributed by atoms with Crippen LogP contribution in [0.5, 0.6) is 0 Å². The van der Waals surface area contributed by atoms with Crippen molar-refractivity contribution >= 4 is 23.7 Å². The molecular formula is C12H18N4O2S. The number of rotatable bonds is 6. The van der Waals surface area contributed by atoms with Gasteiger partial charge in [0.1, 0.15) is 0 Å². The molecule has 7 heteroatoms. The van der Waals surface area contributed by atoms with Gasteiger partial charge in [0.25, 0.3) is 0 Å². The van der Waals surface area contributed by atoms with Crippen LogP contribution < -0.4 is 10.6 Å². The van der Waals surface area contributed by atoms with Gasteiger partial charge in [0.05, 0.1) is 5.75 Å². The number of carbonyl (C=O) groups is 2. The lowest BCUT2D eigenvalue weighted by atomic mass is 10.5. The van der Waals surface area contributed by atoms with Crippen LogP contribution in [0.4, 0.5) is 4.79 Å².